The number of alkyl carbamates (subject to hydrolysis) is 1. The molecule has 0 aromatic heterocycles. The second kappa shape index (κ2) is 14.0. The number of nitrogens with one attached hydrogen (secondary N) is 2. The number of rotatable bonds is 10. The third-order valence-electron chi connectivity index (χ3n) is 6.80. The van der Waals surface area contributed by atoms with Gasteiger partial charge in [-0.05, 0) is 88.4 Å². The van der Waals surface area contributed by atoms with Crippen molar-refractivity contribution in [3.8, 4) is 5.75 Å². The van der Waals surface area contributed by atoms with Gasteiger partial charge in [0, 0.05) is 18.7 Å². The van der Waals surface area contributed by atoms with Crippen LogP contribution in [0.1, 0.15) is 68.0 Å². The number of phenolic OH excluding ortho intramolecular Hbond substituents is 1. The second-order valence-corrected chi connectivity index (χ2v) is 11.7. The van der Waals surface area contributed by atoms with E-state index in [4.69, 9.17) is 4.74 Å². The van der Waals surface area contributed by atoms with Crippen molar-refractivity contribution in [3.05, 3.63) is 94.5 Å². The molecule has 0 saturated heterocycles. The quantitative estimate of drug-likeness (QED) is 0.261. The highest BCUT2D eigenvalue weighted by Gasteiger charge is 2.37. The molecule has 0 bridgehead atoms. The Morgan fingerprint density at radius 3 is 2.19 bits per heavy atom. The lowest BCUT2D eigenvalue weighted by atomic mass is 9.95. The zero-order valence-electron chi connectivity index (χ0n) is 25.7. The SMILES string of the molecule is CCCN(C(=O)C(Cc1ccc(O)cc1)NC(=O)OC(C)(C)C)C(C(=O)Nc1ccccc1C)c1ccc(C)cc1C. The van der Waals surface area contributed by atoms with Crippen LogP contribution >= 0.6 is 0 Å². The molecule has 8 nitrogen and oxygen atoms in total. The van der Waals surface area contributed by atoms with Crippen molar-refractivity contribution in [2.75, 3.05) is 11.9 Å². The van der Waals surface area contributed by atoms with Crippen LogP contribution in [0.5, 0.6) is 5.75 Å². The van der Waals surface area contributed by atoms with E-state index in [0.717, 1.165) is 22.3 Å². The number of para-hydroxylation sites is 1. The Hall–Kier alpha value is -4.33. The average Bonchev–Trinajstić information content (AvgIpc) is 2.90. The van der Waals surface area contributed by atoms with Gasteiger partial charge < -0.3 is 25.4 Å². The molecule has 0 fully saturated rings. The number of aryl methyl sites for hydroxylation is 3. The molecule has 0 radical (unpaired) electrons. The smallest absolute Gasteiger partial charge is 0.408 e. The van der Waals surface area contributed by atoms with E-state index in [1.54, 1.807) is 37.8 Å². The summed E-state index contributed by atoms with van der Waals surface area (Å²) in [7, 11) is 0. The van der Waals surface area contributed by atoms with Crippen LogP contribution in [0.2, 0.25) is 0 Å². The number of ether oxygens (including phenoxy) is 1. The lowest BCUT2D eigenvalue weighted by Crippen LogP contribution is -2.53. The first kappa shape index (κ1) is 32.2. The van der Waals surface area contributed by atoms with E-state index >= 15 is 0 Å². The first-order valence-electron chi connectivity index (χ1n) is 14.3. The number of benzene rings is 3. The molecule has 3 aromatic rings. The largest absolute Gasteiger partial charge is 0.508 e. The minimum atomic E-state index is -1.03. The normalized spacial score (nSPS) is 12.6. The number of phenols is 1. The van der Waals surface area contributed by atoms with Crippen LogP contribution in [0.25, 0.3) is 0 Å². The lowest BCUT2D eigenvalue weighted by Gasteiger charge is -2.35. The highest BCUT2D eigenvalue weighted by Crippen LogP contribution is 2.29. The minimum Gasteiger partial charge on any atom is -0.508 e. The van der Waals surface area contributed by atoms with Crippen LogP contribution in [0, 0.1) is 20.8 Å². The van der Waals surface area contributed by atoms with Gasteiger partial charge in [0.25, 0.3) is 5.91 Å². The average molecular weight is 574 g/mol. The summed E-state index contributed by atoms with van der Waals surface area (Å²) in [5.41, 5.74) is 4.14. The summed E-state index contributed by atoms with van der Waals surface area (Å²) in [6.45, 7) is 13.3. The molecule has 224 valence electrons. The maximum atomic E-state index is 14.4. The van der Waals surface area contributed by atoms with E-state index in [1.807, 2.05) is 70.2 Å². The predicted molar refractivity (Wildman–Crippen MR) is 165 cm³/mol. The van der Waals surface area contributed by atoms with E-state index in [1.165, 1.54) is 12.1 Å². The third-order valence-corrected chi connectivity index (χ3v) is 6.80. The van der Waals surface area contributed by atoms with Gasteiger partial charge in [0.1, 0.15) is 23.4 Å². The number of carbonyl (C=O) groups is 3. The Bertz CT molecular complexity index is 1400. The molecule has 8 heteroatoms. The van der Waals surface area contributed by atoms with Gasteiger partial charge in [-0.25, -0.2) is 4.79 Å². The molecule has 3 N–H and O–H groups in total. The van der Waals surface area contributed by atoms with Crippen LogP contribution in [-0.4, -0.2) is 46.1 Å². The van der Waals surface area contributed by atoms with E-state index < -0.39 is 29.7 Å². The van der Waals surface area contributed by atoms with Gasteiger partial charge in [-0.15, -0.1) is 0 Å². The Morgan fingerprint density at radius 2 is 1.60 bits per heavy atom. The Balaban J connectivity index is 2.08. The van der Waals surface area contributed by atoms with Gasteiger partial charge in [0.05, 0.1) is 0 Å². The Morgan fingerprint density at radius 1 is 0.929 bits per heavy atom. The zero-order chi connectivity index (χ0) is 31.0. The van der Waals surface area contributed by atoms with E-state index in [-0.39, 0.29) is 24.6 Å². The van der Waals surface area contributed by atoms with Gasteiger partial charge in [-0.2, -0.15) is 0 Å². The molecular formula is C34H43N3O5. The van der Waals surface area contributed by atoms with Crippen molar-refractivity contribution < 1.29 is 24.2 Å². The van der Waals surface area contributed by atoms with Gasteiger partial charge in [-0.1, -0.05) is 61.0 Å². The fourth-order valence-electron chi connectivity index (χ4n) is 4.82. The lowest BCUT2D eigenvalue weighted by molar-refractivity contribution is -0.140. The molecule has 2 atom stereocenters. The standard InChI is InChI=1S/C34H43N3O5/c1-8-19-37(32(40)29(36-33(41)42-34(5,6)7)21-25-14-16-26(38)17-15-25)30(27-18-13-22(2)20-24(27)4)31(39)35-28-12-10-9-11-23(28)3/h9-18,20,29-30,38H,8,19,21H2,1-7H3,(H,35,39)(H,36,41). The fourth-order valence-corrected chi connectivity index (χ4v) is 4.82. The molecule has 0 saturated carbocycles. The summed E-state index contributed by atoms with van der Waals surface area (Å²) in [6, 6.07) is 17.8. The zero-order valence-corrected chi connectivity index (χ0v) is 25.7. The number of aromatic hydroxyl groups is 1. The molecular weight excluding hydrogens is 530 g/mol. The first-order chi connectivity index (χ1) is 19.8. The number of carbonyl (C=O) groups excluding carboxylic acids is 3. The molecule has 42 heavy (non-hydrogen) atoms. The summed E-state index contributed by atoms with van der Waals surface area (Å²) >= 11 is 0. The van der Waals surface area contributed by atoms with Crippen LogP contribution in [0.15, 0.2) is 66.7 Å². The third kappa shape index (κ3) is 8.83. The van der Waals surface area contributed by atoms with Gasteiger partial charge in [0.15, 0.2) is 0 Å². The first-order valence-corrected chi connectivity index (χ1v) is 14.3. The number of hydrogen-bond acceptors (Lipinski definition) is 5. The number of anilines is 1. The summed E-state index contributed by atoms with van der Waals surface area (Å²) in [6.07, 6.45) is -0.00991. The highest BCUT2D eigenvalue weighted by molar-refractivity contribution is 5.99. The maximum absolute atomic E-state index is 14.4. The van der Waals surface area contributed by atoms with Crippen molar-refractivity contribution >= 4 is 23.6 Å². The molecule has 0 aliphatic heterocycles. The van der Waals surface area contributed by atoms with E-state index in [9.17, 15) is 19.5 Å². The van der Waals surface area contributed by atoms with Crippen molar-refractivity contribution in [1.82, 2.24) is 10.2 Å². The van der Waals surface area contributed by atoms with Crippen molar-refractivity contribution in [2.45, 2.75) is 79.0 Å². The predicted octanol–water partition coefficient (Wildman–Crippen LogP) is 6.37. The Kier molecular flexibility index (Phi) is 10.8. The van der Waals surface area contributed by atoms with Crippen molar-refractivity contribution in [2.24, 2.45) is 0 Å². The topological polar surface area (TPSA) is 108 Å². The number of amides is 3. The van der Waals surface area contributed by atoms with Crippen molar-refractivity contribution in [3.63, 3.8) is 0 Å². The number of hydrogen-bond donors (Lipinski definition) is 3. The molecule has 0 heterocycles. The molecule has 2 unspecified atom stereocenters. The van der Waals surface area contributed by atoms with Crippen LogP contribution in [-0.2, 0) is 20.7 Å². The number of nitrogens with zero attached hydrogens (tertiary/aromatic N) is 1. The fraction of sp³-hybridized carbons (Fsp3) is 0.382. The molecule has 0 spiro atoms. The van der Waals surface area contributed by atoms with Gasteiger partial charge >= 0.3 is 6.09 Å². The summed E-state index contributed by atoms with van der Waals surface area (Å²) in [4.78, 5) is 43.0. The minimum absolute atomic E-state index is 0.0946. The molecule has 3 amide bonds. The molecule has 3 aromatic carbocycles. The monoisotopic (exact) mass is 573 g/mol. The summed E-state index contributed by atoms with van der Waals surface area (Å²) in [5.74, 6) is -0.670. The van der Waals surface area contributed by atoms with Crippen molar-refractivity contribution in [1.29, 1.82) is 0 Å². The van der Waals surface area contributed by atoms with Crippen LogP contribution in [0.4, 0.5) is 10.5 Å². The van der Waals surface area contributed by atoms with E-state index in [2.05, 4.69) is 10.6 Å². The van der Waals surface area contributed by atoms with Gasteiger partial charge in [-0.3, -0.25) is 9.59 Å². The summed E-state index contributed by atoms with van der Waals surface area (Å²) < 4.78 is 5.49. The second-order valence-electron chi connectivity index (χ2n) is 11.7. The molecule has 3 rings (SSSR count). The Labute approximate surface area is 249 Å². The van der Waals surface area contributed by atoms with Gasteiger partial charge in [0.2, 0.25) is 5.91 Å². The molecule has 0 aliphatic carbocycles. The van der Waals surface area contributed by atoms with Crippen LogP contribution in [0.3, 0.4) is 0 Å². The maximum Gasteiger partial charge on any atom is 0.408 e. The summed E-state index contributed by atoms with van der Waals surface area (Å²) in [5, 5.41) is 15.6. The van der Waals surface area contributed by atoms with E-state index in [0.29, 0.717) is 17.7 Å². The van der Waals surface area contributed by atoms with Crippen LogP contribution < -0.4 is 10.6 Å². The molecule has 0 aliphatic rings. The highest BCUT2D eigenvalue weighted by atomic mass is 16.6.